The van der Waals surface area contributed by atoms with Gasteiger partial charge in [-0.05, 0) is 62.2 Å². The summed E-state index contributed by atoms with van der Waals surface area (Å²) in [5, 5.41) is 2.60. The van der Waals surface area contributed by atoms with Gasteiger partial charge in [0.15, 0.2) is 0 Å². The minimum Gasteiger partial charge on any atom is -0.350 e. The fourth-order valence-corrected chi connectivity index (χ4v) is 5.06. The first-order valence-electron chi connectivity index (χ1n) is 12.5. The van der Waals surface area contributed by atoms with Crippen LogP contribution in [0.1, 0.15) is 31.9 Å². The lowest BCUT2D eigenvalue weighted by atomic mass is 10.0. The molecule has 0 saturated heterocycles. The molecule has 0 radical (unpaired) electrons. The third kappa shape index (κ3) is 8.76. The number of benzene rings is 3. The van der Waals surface area contributed by atoms with Crippen LogP contribution in [0, 0.1) is 11.6 Å². The number of nitrogens with one attached hydrogen (secondary N) is 1. The molecular formula is C29H32ClF2N3O4S. The molecule has 40 heavy (non-hydrogen) atoms. The van der Waals surface area contributed by atoms with E-state index in [4.69, 9.17) is 11.6 Å². The van der Waals surface area contributed by atoms with Gasteiger partial charge >= 0.3 is 0 Å². The van der Waals surface area contributed by atoms with Gasteiger partial charge in [0.05, 0.1) is 17.0 Å². The van der Waals surface area contributed by atoms with E-state index in [2.05, 4.69) is 5.32 Å². The van der Waals surface area contributed by atoms with Crippen molar-refractivity contribution < 1.29 is 26.8 Å². The van der Waals surface area contributed by atoms with Gasteiger partial charge in [0.1, 0.15) is 24.2 Å². The first kappa shape index (κ1) is 31.0. The van der Waals surface area contributed by atoms with Crippen LogP contribution in [0.4, 0.5) is 14.5 Å². The second-order valence-electron chi connectivity index (χ2n) is 10.5. The molecule has 1 atom stereocenters. The Kier molecular flexibility index (Phi) is 9.92. The van der Waals surface area contributed by atoms with Crippen LogP contribution in [0.3, 0.4) is 0 Å². The predicted molar refractivity (Wildman–Crippen MR) is 152 cm³/mol. The third-order valence-corrected chi connectivity index (χ3v) is 7.34. The third-order valence-electron chi connectivity index (χ3n) is 5.91. The van der Waals surface area contributed by atoms with Gasteiger partial charge in [0.25, 0.3) is 0 Å². The van der Waals surface area contributed by atoms with Crippen LogP contribution in [0.25, 0.3) is 0 Å². The summed E-state index contributed by atoms with van der Waals surface area (Å²) in [6.45, 7) is 4.63. The Morgan fingerprint density at radius 3 is 2.12 bits per heavy atom. The van der Waals surface area contributed by atoms with Crippen LogP contribution in [0.5, 0.6) is 0 Å². The second-order valence-corrected chi connectivity index (χ2v) is 12.8. The van der Waals surface area contributed by atoms with Gasteiger partial charge < -0.3 is 10.2 Å². The van der Waals surface area contributed by atoms with Gasteiger partial charge in [-0.3, -0.25) is 13.9 Å². The molecule has 2 amide bonds. The maximum Gasteiger partial charge on any atom is 0.244 e. The van der Waals surface area contributed by atoms with E-state index >= 15 is 0 Å². The monoisotopic (exact) mass is 591 g/mol. The summed E-state index contributed by atoms with van der Waals surface area (Å²) < 4.78 is 53.8. The summed E-state index contributed by atoms with van der Waals surface area (Å²) in [7, 11) is -4.03. The van der Waals surface area contributed by atoms with Crippen LogP contribution in [-0.4, -0.2) is 49.5 Å². The highest BCUT2D eigenvalue weighted by Gasteiger charge is 2.34. The summed E-state index contributed by atoms with van der Waals surface area (Å²) in [4.78, 5) is 28.9. The van der Waals surface area contributed by atoms with Crippen molar-refractivity contribution >= 4 is 39.1 Å². The number of rotatable bonds is 10. The maximum atomic E-state index is 14.0. The van der Waals surface area contributed by atoms with E-state index in [0.29, 0.717) is 5.56 Å². The smallest absolute Gasteiger partial charge is 0.244 e. The maximum absolute atomic E-state index is 14.0. The summed E-state index contributed by atoms with van der Waals surface area (Å²) in [6, 6.07) is 16.8. The predicted octanol–water partition coefficient (Wildman–Crippen LogP) is 4.94. The number of hydrogen-bond acceptors (Lipinski definition) is 4. The van der Waals surface area contributed by atoms with Crippen LogP contribution in [0.2, 0.25) is 5.02 Å². The van der Waals surface area contributed by atoms with E-state index in [9.17, 15) is 26.8 Å². The topological polar surface area (TPSA) is 86.8 Å². The molecule has 0 bridgehead atoms. The SMILES string of the molecule is CC(C)(C)NC(=O)[C@@H](Cc1ccccc1)N(Cc1ccc(F)cc1)C(=O)CN(c1ccc(F)c(Cl)c1)S(C)(=O)=O. The lowest BCUT2D eigenvalue weighted by Crippen LogP contribution is -2.56. The Balaban J connectivity index is 2.08. The molecule has 0 heterocycles. The molecule has 0 unspecified atom stereocenters. The number of nitrogens with zero attached hydrogens (tertiary/aromatic N) is 2. The molecular weight excluding hydrogens is 560 g/mol. The van der Waals surface area contributed by atoms with Crippen molar-refractivity contribution in [3.63, 3.8) is 0 Å². The number of amides is 2. The van der Waals surface area contributed by atoms with E-state index in [1.807, 2.05) is 30.3 Å². The average molecular weight is 592 g/mol. The average Bonchev–Trinajstić information content (AvgIpc) is 2.86. The first-order valence-corrected chi connectivity index (χ1v) is 14.7. The van der Waals surface area contributed by atoms with E-state index in [1.165, 1.54) is 35.2 Å². The standard InChI is InChI=1S/C29H32ClF2N3O4S/c1-29(2,3)33-28(37)26(16-20-8-6-5-7-9-20)34(18-21-10-12-22(31)13-11-21)27(36)19-35(40(4,38)39)23-14-15-25(32)24(30)17-23/h5-15,17,26H,16,18-19H2,1-4H3,(H,33,37)/t26-/m1/s1. The quantitative estimate of drug-likeness (QED) is 0.362. The Bertz CT molecular complexity index is 1450. The highest BCUT2D eigenvalue weighted by Crippen LogP contribution is 2.25. The van der Waals surface area contributed by atoms with E-state index in [0.717, 1.165) is 28.3 Å². The molecule has 0 saturated carbocycles. The fourth-order valence-electron chi connectivity index (χ4n) is 4.05. The molecule has 0 aliphatic heterocycles. The molecule has 3 rings (SSSR count). The van der Waals surface area contributed by atoms with Crippen LogP contribution < -0.4 is 9.62 Å². The van der Waals surface area contributed by atoms with Gasteiger partial charge in [-0.25, -0.2) is 17.2 Å². The normalized spacial score (nSPS) is 12.5. The molecule has 0 fully saturated rings. The van der Waals surface area contributed by atoms with E-state index in [1.54, 1.807) is 20.8 Å². The van der Waals surface area contributed by atoms with E-state index < -0.39 is 51.6 Å². The first-order chi connectivity index (χ1) is 18.6. The molecule has 1 N–H and O–H groups in total. The summed E-state index contributed by atoms with van der Waals surface area (Å²) in [5.41, 5.74) is 0.675. The number of sulfonamides is 1. The van der Waals surface area contributed by atoms with Crippen molar-refractivity contribution in [2.45, 2.75) is 45.3 Å². The van der Waals surface area contributed by atoms with E-state index in [-0.39, 0.29) is 23.7 Å². The zero-order chi connectivity index (χ0) is 29.7. The molecule has 0 aromatic heterocycles. The van der Waals surface area contributed by atoms with Crippen molar-refractivity contribution in [2.75, 3.05) is 17.1 Å². The lowest BCUT2D eigenvalue weighted by Gasteiger charge is -2.35. The fraction of sp³-hybridized carbons (Fsp3) is 0.310. The van der Waals surface area contributed by atoms with Gasteiger partial charge in [0.2, 0.25) is 21.8 Å². The van der Waals surface area contributed by atoms with Gasteiger partial charge in [0, 0.05) is 18.5 Å². The second kappa shape index (κ2) is 12.8. The zero-order valence-corrected chi connectivity index (χ0v) is 24.3. The minimum atomic E-state index is -4.03. The molecule has 11 heteroatoms. The van der Waals surface area contributed by atoms with Gasteiger partial charge in [-0.2, -0.15) is 0 Å². The van der Waals surface area contributed by atoms with Gasteiger partial charge in [-0.15, -0.1) is 0 Å². The summed E-state index contributed by atoms with van der Waals surface area (Å²) in [5.74, 6) is -2.35. The van der Waals surface area contributed by atoms with Crippen LogP contribution in [0.15, 0.2) is 72.8 Å². The lowest BCUT2D eigenvalue weighted by molar-refractivity contribution is -0.140. The largest absolute Gasteiger partial charge is 0.350 e. The molecule has 3 aromatic rings. The Labute approximate surface area is 238 Å². The number of hydrogen-bond donors (Lipinski definition) is 1. The number of halogens is 3. The Hall–Kier alpha value is -3.50. The summed E-state index contributed by atoms with van der Waals surface area (Å²) >= 11 is 5.90. The van der Waals surface area contributed by atoms with Gasteiger partial charge in [-0.1, -0.05) is 54.1 Å². The Morgan fingerprint density at radius 2 is 1.57 bits per heavy atom. The zero-order valence-electron chi connectivity index (χ0n) is 22.7. The van der Waals surface area contributed by atoms with Crippen LogP contribution in [-0.2, 0) is 32.6 Å². The summed E-state index contributed by atoms with van der Waals surface area (Å²) in [6.07, 6.45) is 1.05. The van der Waals surface area contributed by atoms with Crippen molar-refractivity contribution in [3.05, 3.63) is 101 Å². The minimum absolute atomic E-state index is 0.0114. The molecule has 0 spiro atoms. The van der Waals surface area contributed by atoms with Crippen molar-refractivity contribution in [1.82, 2.24) is 10.2 Å². The molecule has 214 valence electrons. The molecule has 0 aliphatic carbocycles. The Morgan fingerprint density at radius 1 is 0.950 bits per heavy atom. The molecule has 0 aliphatic rings. The highest BCUT2D eigenvalue weighted by molar-refractivity contribution is 7.92. The van der Waals surface area contributed by atoms with Crippen molar-refractivity contribution in [2.24, 2.45) is 0 Å². The van der Waals surface area contributed by atoms with Crippen molar-refractivity contribution in [1.29, 1.82) is 0 Å². The highest BCUT2D eigenvalue weighted by atomic mass is 35.5. The number of anilines is 1. The number of carbonyl (C=O) groups is 2. The molecule has 3 aromatic carbocycles. The molecule has 7 nitrogen and oxygen atoms in total. The number of carbonyl (C=O) groups excluding carboxylic acids is 2. The van der Waals surface area contributed by atoms with Crippen molar-refractivity contribution in [3.8, 4) is 0 Å². The van der Waals surface area contributed by atoms with Crippen LogP contribution >= 0.6 is 11.6 Å².